The Labute approximate surface area is 129 Å². The summed E-state index contributed by atoms with van der Waals surface area (Å²) in [5.74, 6) is -0.0630. The zero-order valence-corrected chi connectivity index (χ0v) is 13.1. The van der Waals surface area contributed by atoms with Gasteiger partial charge in [-0.2, -0.15) is 0 Å². The molecule has 6 heteroatoms. The predicted molar refractivity (Wildman–Crippen MR) is 82.6 cm³/mol. The van der Waals surface area contributed by atoms with Crippen molar-refractivity contribution >= 4 is 23.2 Å². The molecular formula is C15H21ClN2O3. The van der Waals surface area contributed by atoms with Crippen molar-refractivity contribution in [1.29, 1.82) is 0 Å². The Kier molecular flexibility index (Phi) is 5.45. The second-order valence-corrected chi connectivity index (χ2v) is 5.80. The lowest BCUT2D eigenvalue weighted by atomic mass is 10.1. The van der Waals surface area contributed by atoms with Crippen LogP contribution in [0.3, 0.4) is 0 Å². The minimum atomic E-state index is -0.390. The standard InChI is InChI=1S/C15H21ClN2O3/c1-10(2)17-15(20)14-9-21-6-5-18(14)13-4-3-11(8-19)7-12(13)16/h3-4,7,10,14,19H,5-6,8-9H2,1-2H3,(H,17,20). The van der Waals surface area contributed by atoms with E-state index >= 15 is 0 Å². The summed E-state index contributed by atoms with van der Waals surface area (Å²) in [6, 6.07) is 5.07. The van der Waals surface area contributed by atoms with Gasteiger partial charge in [0.05, 0.1) is 30.5 Å². The normalized spacial score (nSPS) is 18.9. The Balaban J connectivity index is 2.24. The molecule has 2 N–H and O–H groups in total. The average molecular weight is 313 g/mol. The number of anilines is 1. The molecular weight excluding hydrogens is 292 g/mol. The second kappa shape index (κ2) is 7.11. The van der Waals surface area contributed by atoms with Gasteiger partial charge in [-0.25, -0.2) is 0 Å². The van der Waals surface area contributed by atoms with E-state index in [4.69, 9.17) is 21.4 Å². The molecule has 0 aliphatic carbocycles. The van der Waals surface area contributed by atoms with Crippen molar-refractivity contribution in [2.75, 3.05) is 24.7 Å². The van der Waals surface area contributed by atoms with Crippen LogP contribution >= 0.6 is 11.6 Å². The molecule has 1 aromatic carbocycles. The largest absolute Gasteiger partial charge is 0.392 e. The molecule has 1 heterocycles. The molecule has 0 spiro atoms. The number of hydrogen-bond acceptors (Lipinski definition) is 4. The van der Waals surface area contributed by atoms with Gasteiger partial charge in [0.1, 0.15) is 6.04 Å². The number of nitrogens with one attached hydrogen (secondary N) is 1. The van der Waals surface area contributed by atoms with Crippen molar-refractivity contribution in [3.63, 3.8) is 0 Å². The number of rotatable bonds is 4. The highest BCUT2D eigenvalue weighted by atomic mass is 35.5. The summed E-state index contributed by atoms with van der Waals surface area (Å²) < 4.78 is 5.44. The molecule has 5 nitrogen and oxygen atoms in total. The van der Waals surface area contributed by atoms with E-state index in [0.29, 0.717) is 24.8 Å². The molecule has 0 aromatic heterocycles. The summed E-state index contributed by atoms with van der Waals surface area (Å²) in [7, 11) is 0. The van der Waals surface area contributed by atoms with Gasteiger partial charge < -0.3 is 20.1 Å². The minimum absolute atomic E-state index is 0.0552. The van der Waals surface area contributed by atoms with E-state index in [9.17, 15) is 4.79 Å². The maximum Gasteiger partial charge on any atom is 0.245 e. The van der Waals surface area contributed by atoms with Gasteiger partial charge in [-0.15, -0.1) is 0 Å². The number of morpholine rings is 1. The number of carbonyl (C=O) groups excluding carboxylic acids is 1. The highest BCUT2D eigenvalue weighted by Crippen LogP contribution is 2.29. The first kappa shape index (κ1) is 16.1. The van der Waals surface area contributed by atoms with Crippen molar-refractivity contribution in [1.82, 2.24) is 5.32 Å². The lowest BCUT2D eigenvalue weighted by Crippen LogP contribution is -2.55. The smallest absolute Gasteiger partial charge is 0.245 e. The number of benzene rings is 1. The van der Waals surface area contributed by atoms with Crippen molar-refractivity contribution in [2.24, 2.45) is 0 Å². The SMILES string of the molecule is CC(C)NC(=O)C1COCCN1c1ccc(CO)cc1Cl. The summed E-state index contributed by atoms with van der Waals surface area (Å²) in [5.41, 5.74) is 1.54. The Morgan fingerprint density at radius 2 is 2.33 bits per heavy atom. The number of aliphatic hydroxyl groups excluding tert-OH is 1. The summed E-state index contributed by atoms with van der Waals surface area (Å²) in [5, 5.41) is 12.6. The number of hydrogen-bond donors (Lipinski definition) is 2. The van der Waals surface area contributed by atoms with Crippen molar-refractivity contribution in [3.05, 3.63) is 28.8 Å². The van der Waals surface area contributed by atoms with Crippen LogP contribution in [-0.2, 0) is 16.1 Å². The molecule has 1 aliphatic heterocycles. The zero-order chi connectivity index (χ0) is 15.4. The average Bonchev–Trinajstić information content (AvgIpc) is 2.46. The van der Waals surface area contributed by atoms with Crippen LogP contribution in [0.1, 0.15) is 19.4 Å². The van der Waals surface area contributed by atoms with Crippen LogP contribution in [0.5, 0.6) is 0 Å². The Morgan fingerprint density at radius 3 is 2.95 bits per heavy atom. The maximum atomic E-state index is 12.3. The first-order valence-electron chi connectivity index (χ1n) is 7.07. The van der Waals surface area contributed by atoms with Gasteiger partial charge in [0.25, 0.3) is 0 Å². The number of nitrogens with zero attached hydrogens (tertiary/aromatic N) is 1. The van der Waals surface area contributed by atoms with Crippen molar-refractivity contribution in [3.8, 4) is 0 Å². The fourth-order valence-electron chi connectivity index (χ4n) is 2.37. The summed E-state index contributed by atoms with van der Waals surface area (Å²) >= 11 is 6.29. The van der Waals surface area contributed by atoms with Crippen LogP contribution in [0.15, 0.2) is 18.2 Å². The number of carbonyl (C=O) groups is 1. The van der Waals surface area contributed by atoms with Crippen LogP contribution in [0, 0.1) is 0 Å². The molecule has 1 atom stereocenters. The second-order valence-electron chi connectivity index (χ2n) is 5.39. The lowest BCUT2D eigenvalue weighted by Gasteiger charge is -2.37. The molecule has 1 fully saturated rings. The Morgan fingerprint density at radius 1 is 1.57 bits per heavy atom. The number of halogens is 1. The van der Waals surface area contributed by atoms with Crippen LogP contribution < -0.4 is 10.2 Å². The third-order valence-corrected chi connectivity index (χ3v) is 3.67. The Bertz CT molecular complexity index is 508. The topological polar surface area (TPSA) is 61.8 Å². The molecule has 116 valence electrons. The van der Waals surface area contributed by atoms with E-state index in [1.165, 1.54) is 0 Å². The third-order valence-electron chi connectivity index (χ3n) is 3.37. The molecule has 1 aliphatic rings. The van der Waals surface area contributed by atoms with E-state index in [1.54, 1.807) is 6.07 Å². The van der Waals surface area contributed by atoms with Gasteiger partial charge in [-0.1, -0.05) is 17.7 Å². The van der Waals surface area contributed by atoms with E-state index < -0.39 is 6.04 Å². The minimum Gasteiger partial charge on any atom is -0.392 e. The number of aliphatic hydroxyl groups is 1. The van der Waals surface area contributed by atoms with Gasteiger partial charge >= 0.3 is 0 Å². The predicted octanol–water partition coefficient (Wildman–Crippen LogP) is 1.56. The molecule has 0 radical (unpaired) electrons. The van der Waals surface area contributed by atoms with Crippen LogP contribution in [0.25, 0.3) is 0 Å². The van der Waals surface area contributed by atoms with Gasteiger partial charge in [0.15, 0.2) is 0 Å². The molecule has 2 rings (SSSR count). The van der Waals surface area contributed by atoms with Crippen molar-refractivity contribution in [2.45, 2.75) is 32.5 Å². The van der Waals surface area contributed by atoms with Crippen molar-refractivity contribution < 1.29 is 14.6 Å². The number of ether oxygens (including phenoxy) is 1. The highest BCUT2D eigenvalue weighted by Gasteiger charge is 2.31. The van der Waals surface area contributed by atoms with Gasteiger partial charge in [-0.05, 0) is 31.5 Å². The molecule has 1 aromatic rings. The van der Waals surface area contributed by atoms with Gasteiger partial charge in [-0.3, -0.25) is 4.79 Å². The first-order valence-corrected chi connectivity index (χ1v) is 7.44. The fourth-order valence-corrected chi connectivity index (χ4v) is 2.68. The van der Waals surface area contributed by atoms with E-state index in [-0.39, 0.29) is 18.6 Å². The summed E-state index contributed by atoms with van der Waals surface area (Å²) in [6.45, 7) is 5.30. The number of amides is 1. The molecule has 0 saturated carbocycles. The summed E-state index contributed by atoms with van der Waals surface area (Å²) in [6.07, 6.45) is 0. The maximum absolute atomic E-state index is 12.3. The third kappa shape index (κ3) is 3.87. The molecule has 1 saturated heterocycles. The Hall–Kier alpha value is -1.30. The van der Waals surface area contributed by atoms with Crippen LogP contribution in [0.4, 0.5) is 5.69 Å². The molecule has 21 heavy (non-hydrogen) atoms. The first-order chi connectivity index (χ1) is 10.0. The molecule has 0 bridgehead atoms. The molecule has 1 amide bonds. The quantitative estimate of drug-likeness (QED) is 0.886. The highest BCUT2D eigenvalue weighted by molar-refractivity contribution is 6.33. The lowest BCUT2D eigenvalue weighted by molar-refractivity contribution is -0.125. The fraction of sp³-hybridized carbons (Fsp3) is 0.533. The van der Waals surface area contributed by atoms with E-state index in [1.807, 2.05) is 30.9 Å². The van der Waals surface area contributed by atoms with Gasteiger partial charge in [0.2, 0.25) is 5.91 Å². The van der Waals surface area contributed by atoms with Gasteiger partial charge in [0, 0.05) is 12.6 Å². The van der Waals surface area contributed by atoms with Crippen LogP contribution in [-0.4, -0.2) is 42.9 Å². The van der Waals surface area contributed by atoms with Crippen LogP contribution in [0.2, 0.25) is 5.02 Å². The monoisotopic (exact) mass is 312 g/mol. The summed E-state index contributed by atoms with van der Waals surface area (Å²) in [4.78, 5) is 14.3. The zero-order valence-electron chi connectivity index (χ0n) is 12.3. The van der Waals surface area contributed by atoms with E-state index in [0.717, 1.165) is 11.3 Å². The van der Waals surface area contributed by atoms with E-state index in [2.05, 4.69) is 5.32 Å². The molecule has 1 unspecified atom stereocenters.